The van der Waals surface area contributed by atoms with E-state index in [4.69, 9.17) is 4.42 Å². The zero-order valence-corrected chi connectivity index (χ0v) is 14.1. The van der Waals surface area contributed by atoms with Gasteiger partial charge in [-0.15, -0.1) is 11.3 Å². The molecule has 0 saturated carbocycles. The Morgan fingerprint density at radius 1 is 1.43 bits per heavy atom. The van der Waals surface area contributed by atoms with Crippen LogP contribution in [0.25, 0.3) is 0 Å². The monoisotopic (exact) mass is 332 g/mol. The van der Waals surface area contributed by atoms with Crippen LogP contribution in [0.5, 0.6) is 0 Å². The fraction of sp³-hybridized carbons (Fsp3) is 0.412. The van der Waals surface area contributed by atoms with Crippen LogP contribution in [0, 0.1) is 5.92 Å². The summed E-state index contributed by atoms with van der Waals surface area (Å²) in [6.07, 6.45) is 2.62. The van der Waals surface area contributed by atoms with Crippen molar-refractivity contribution < 1.29 is 14.0 Å². The molecule has 2 atom stereocenters. The van der Waals surface area contributed by atoms with Crippen LogP contribution in [0.1, 0.15) is 29.5 Å². The van der Waals surface area contributed by atoms with E-state index in [1.165, 1.54) is 0 Å². The molecule has 2 amide bonds. The van der Waals surface area contributed by atoms with Gasteiger partial charge < -0.3 is 14.2 Å². The molecule has 0 aromatic carbocycles. The predicted octanol–water partition coefficient (Wildman–Crippen LogP) is 2.91. The Bertz CT molecular complexity index is 666. The van der Waals surface area contributed by atoms with Crippen LogP contribution in [-0.4, -0.2) is 35.7 Å². The van der Waals surface area contributed by atoms with E-state index in [-0.39, 0.29) is 23.8 Å². The molecule has 5 nitrogen and oxygen atoms in total. The number of piperidine rings is 1. The maximum Gasteiger partial charge on any atom is 0.228 e. The van der Waals surface area contributed by atoms with Crippen molar-refractivity contribution in [3.63, 3.8) is 0 Å². The van der Waals surface area contributed by atoms with Crippen molar-refractivity contribution in [3.8, 4) is 0 Å². The number of furan rings is 1. The Morgan fingerprint density at radius 2 is 2.26 bits per heavy atom. The van der Waals surface area contributed by atoms with Gasteiger partial charge in [-0.25, -0.2) is 0 Å². The first-order chi connectivity index (χ1) is 11.1. The van der Waals surface area contributed by atoms with Crippen LogP contribution < -0.4 is 0 Å². The third kappa shape index (κ3) is 3.17. The van der Waals surface area contributed by atoms with Crippen LogP contribution in [0.3, 0.4) is 0 Å². The summed E-state index contributed by atoms with van der Waals surface area (Å²) >= 11 is 1.59. The molecule has 3 heterocycles. The summed E-state index contributed by atoms with van der Waals surface area (Å²) in [5, 5.41) is 1.98. The summed E-state index contributed by atoms with van der Waals surface area (Å²) in [6, 6.07) is 7.45. The Labute approximate surface area is 139 Å². The van der Waals surface area contributed by atoms with Crippen LogP contribution >= 0.6 is 11.3 Å². The predicted molar refractivity (Wildman–Crippen MR) is 87.7 cm³/mol. The molecular weight excluding hydrogens is 312 g/mol. The highest BCUT2D eigenvalue weighted by atomic mass is 32.1. The van der Waals surface area contributed by atoms with E-state index >= 15 is 0 Å². The van der Waals surface area contributed by atoms with E-state index in [1.807, 2.05) is 29.6 Å². The molecule has 1 saturated heterocycles. The molecule has 1 fully saturated rings. The van der Waals surface area contributed by atoms with E-state index in [0.717, 1.165) is 10.6 Å². The maximum absolute atomic E-state index is 12.9. The van der Waals surface area contributed by atoms with Gasteiger partial charge in [0.2, 0.25) is 11.8 Å². The van der Waals surface area contributed by atoms with Crippen molar-refractivity contribution >= 4 is 23.2 Å². The molecular formula is C17H20N2O3S. The van der Waals surface area contributed by atoms with Gasteiger partial charge in [0.15, 0.2) is 0 Å². The van der Waals surface area contributed by atoms with Gasteiger partial charge in [0.25, 0.3) is 0 Å². The Balaban J connectivity index is 1.80. The second kappa shape index (κ2) is 6.58. The van der Waals surface area contributed by atoms with Crippen molar-refractivity contribution in [2.45, 2.75) is 25.4 Å². The van der Waals surface area contributed by atoms with E-state index in [1.54, 1.807) is 41.5 Å². The van der Waals surface area contributed by atoms with Gasteiger partial charge in [-0.2, -0.15) is 0 Å². The number of thiophene rings is 1. The molecule has 2 aromatic heterocycles. The smallest absolute Gasteiger partial charge is 0.228 e. The highest BCUT2D eigenvalue weighted by Gasteiger charge is 2.40. The number of nitrogens with zero attached hydrogens (tertiary/aromatic N) is 2. The molecule has 6 heteroatoms. The minimum atomic E-state index is -0.212. The molecule has 2 unspecified atom stereocenters. The number of hydrogen-bond donors (Lipinski definition) is 0. The van der Waals surface area contributed by atoms with E-state index < -0.39 is 0 Å². The van der Waals surface area contributed by atoms with Crippen LogP contribution in [-0.2, 0) is 16.1 Å². The maximum atomic E-state index is 12.9. The Morgan fingerprint density at radius 3 is 2.91 bits per heavy atom. The SMILES string of the molecule is CN(Cc1ccco1)C(=O)C1CCC(=O)N(C)C1c1cccs1. The molecule has 122 valence electrons. The van der Waals surface area contributed by atoms with Gasteiger partial charge in [0, 0.05) is 25.4 Å². The molecule has 3 rings (SSSR count). The lowest BCUT2D eigenvalue weighted by atomic mass is 9.87. The summed E-state index contributed by atoms with van der Waals surface area (Å²) in [6.45, 7) is 0.442. The number of carbonyl (C=O) groups is 2. The number of carbonyl (C=O) groups excluding carboxylic acids is 2. The molecule has 0 spiro atoms. The average molecular weight is 332 g/mol. The van der Waals surface area contributed by atoms with E-state index in [2.05, 4.69) is 0 Å². The zero-order chi connectivity index (χ0) is 16.4. The van der Waals surface area contributed by atoms with Crippen molar-refractivity contribution in [1.82, 2.24) is 9.80 Å². The van der Waals surface area contributed by atoms with Gasteiger partial charge in [0.05, 0.1) is 24.8 Å². The summed E-state index contributed by atoms with van der Waals surface area (Å²) in [4.78, 5) is 29.5. The normalized spacial score (nSPS) is 21.5. The fourth-order valence-electron chi connectivity index (χ4n) is 3.14. The number of amides is 2. The molecule has 23 heavy (non-hydrogen) atoms. The highest BCUT2D eigenvalue weighted by molar-refractivity contribution is 7.10. The lowest BCUT2D eigenvalue weighted by Crippen LogP contribution is -2.46. The summed E-state index contributed by atoms with van der Waals surface area (Å²) in [7, 11) is 3.57. The standard InChI is InChI=1S/C17H20N2O3S/c1-18(11-12-5-3-9-22-12)17(21)13-7-8-15(20)19(2)16(13)14-6-4-10-23-14/h3-6,9-10,13,16H,7-8,11H2,1-2H3. The molecule has 0 aliphatic carbocycles. The van der Waals surface area contributed by atoms with Crippen molar-refractivity contribution in [3.05, 3.63) is 46.5 Å². The largest absolute Gasteiger partial charge is 0.467 e. The van der Waals surface area contributed by atoms with Crippen molar-refractivity contribution in [2.24, 2.45) is 5.92 Å². The second-order valence-corrected chi connectivity index (χ2v) is 6.86. The summed E-state index contributed by atoms with van der Waals surface area (Å²) in [5.74, 6) is 0.699. The third-order valence-corrected chi connectivity index (χ3v) is 5.31. The van der Waals surface area contributed by atoms with E-state index in [0.29, 0.717) is 19.4 Å². The quantitative estimate of drug-likeness (QED) is 0.865. The average Bonchev–Trinajstić information content (AvgIpc) is 3.22. The van der Waals surface area contributed by atoms with Gasteiger partial charge in [-0.1, -0.05) is 6.07 Å². The molecule has 0 N–H and O–H groups in total. The Hall–Kier alpha value is -2.08. The van der Waals surface area contributed by atoms with Crippen LogP contribution in [0.4, 0.5) is 0 Å². The van der Waals surface area contributed by atoms with Gasteiger partial charge in [-0.3, -0.25) is 9.59 Å². The summed E-state index contributed by atoms with van der Waals surface area (Å²) in [5.41, 5.74) is 0. The van der Waals surface area contributed by atoms with Crippen molar-refractivity contribution in [2.75, 3.05) is 14.1 Å². The number of likely N-dealkylation sites (tertiary alicyclic amines) is 1. The first-order valence-corrected chi connectivity index (χ1v) is 8.52. The van der Waals surface area contributed by atoms with Gasteiger partial charge in [0.1, 0.15) is 5.76 Å². The van der Waals surface area contributed by atoms with Crippen LogP contribution in [0.2, 0.25) is 0 Å². The topological polar surface area (TPSA) is 53.8 Å². The number of hydrogen-bond acceptors (Lipinski definition) is 4. The molecule has 1 aliphatic heterocycles. The molecule has 0 bridgehead atoms. The molecule has 0 radical (unpaired) electrons. The highest BCUT2D eigenvalue weighted by Crippen LogP contribution is 2.38. The minimum absolute atomic E-state index is 0.0548. The molecule has 1 aliphatic rings. The van der Waals surface area contributed by atoms with Gasteiger partial charge in [-0.05, 0) is 30.0 Å². The second-order valence-electron chi connectivity index (χ2n) is 5.88. The Kier molecular flexibility index (Phi) is 4.52. The lowest BCUT2D eigenvalue weighted by molar-refractivity contribution is -0.146. The van der Waals surface area contributed by atoms with Crippen molar-refractivity contribution in [1.29, 1.82) is 0 Å². The number of rotatable bonds is 4. The van der Waals surface area contributed by atoms with Gasteiger partial charge >= 0.3 is 0 Å². The molecule has 2 aromatic rings. The van der Waals surface area contributed by atoms with Crippen LogP contribution in [0.15, 0.2) is 40.3 Å². The van der Waals surface area contributed by atoms with E-state index in [9.17, 15) is 9.59 Å². The fourth-order valence-corrected chi connectivity index (χ4v) is 4.08. The summed E-state index contributed by atoms with van der Waals surface area (Å²) < 4.78 is 5.32. The lowest BCUT2D eigenvalue weighted by Gasteiger charge is -2.39. The zero-order valence-electron chi connectivity index (χ0n) is 13.3. The third-order valence-electron chi connectivity index (χ3n) is 4.36. The first kappa shape index (κ1) is 15.8. The first-order valence-electron chi connectivity index (χ1n) is 7.64. The minimum Gasteiger partial charge on any atom is -0.467 e.